The maximum Gasteiger partial charge on any atom is 0.299 e. The zero-order valence-corrected chi connectivity index (χ0v) is 14.5. The molecular formula is C21H21NO2. The van der Waals surface area contributed by atoms with Gasteiger partial charge in [-0.15, -0.1) is 0 Å². The fourth-order valence-electron chi connectivity index (χ4n) is 4.65. The SMILES string of the molecule is Cc1ccc2c3c1C(=O)C(=O)N3C(C)(C)C[C@]2(C)c1ccccc1. The second kappa shape index (κ2) is 4.56. The lowest BCUT2D eigenvalue weighted by molar-refractivity contribution is -0.115. The molecule has 0 radical (unpaired) electrons. The van der Waals surface area contributed by atoms with E-state index >= 15 is 0 Å². The Bertz CT molecular complexity index is 882. The second-order valence-corrected chi connectivity index (χ2v) is 7.81. The number of hydrogen-bond donors (Lipinski definition) is 0. The van der Waals surface area contributed by atoms with Gasteiger partial charge in [-0.2, -0.15) is 0 Å². The summed E-state index contributed by atoms with van der Waals surface area (Å²) in [5, 5.41) is 0. The highest BCUT2D eigenvalue weighted by atomic mass is 16.2. The summed E-state index contributed by atoms with van der Waals surface area (Å²) in [6.45, 7) is 8.24. The summed E-state index contributed by atoms with van der Waals surface area (Å²) >= 11 is 0. The number of nitrogens with zero attached hydrogens (tertiary/aromatic N) is 1. The third-order valence-electron chi connectivity index (χ3n) is 5.63. The first-order valence-corrected chi connectivity index (χ1v) is 8.36. The molecule has 2 heterocycles. The third kappa shape index (κ3) is 1.73. The van der Waals surface area contributed by atoms with Crippen LogP contribution in [0.25, 0.3) is 0 Å². The Hall–Kier alpha value is -2.42. The van der Waals surface area contributed by atoms with Gasteiger partial charge in [0.1, 0.15) is 0 Å². The van der Waals surface area contributed by atoms with E-state index in [0.717, 1.165) is 23.2 Å². The van der Waals surface area contributed by atoms with E-state index in [4.69, 9.17) is 0 Å². The van der Waals surface area contributed by atoms with Crippen LogP contribution in [-0.2, 0) is 10.2 Å². The smallest absolute Gasteiger partial charge is 0.299 e. The van der Waals surface area contributed by atoms with E-state index in [-0.39, 0.29) is 17.1 Å². The van der Waals surface area contributed by atoms with Crippen molar-refractivity contribution in [2.75, 3.05) is 4.90 Å². The number of rotatable bonds is 1. The number of amides is 1. The number of anilines is 1. The zero-order chi connectivity index (χ0) is 17.3. The molecule has 2 aromatic carbocycles. The van der Waals surface area contributed by atoms with Crippen LogP contribution in [0.4, 0.5) is 5.69 Å². The second-order valence-electron chi connectivity index (χ2n) is 7.81. The van der Waals surface area contributed by atoms with Crippen LogP contribution in [0.15, 0.2) is 42.5 Å². The Balaban J connectivity index is 2.08. The lowest BCUT2D eigenvalue weighted by atomic mass is 9.65. The lowest BCUT2D eigenvalue weighted by Gasteiger charge is -2.49. The molecule has 0 aromatic heterocycles. The summed E-state index contributed by atoms with van der Waals surface area (Å²) in [5.74, 6) is -0.754. The van der Waals surface area contributed by atoms with Gasteiger partial charge in [-0.3, -0.25) is 14.5 Å². The molecule has 2 aliphatic heterocycles. The van der Waals surface area contributed by atoms with Gasteiger partial charge in [0.05, 0.1) is 11.3 Å². The molecule has 24 heavy (non-hydrogen) atoms. The average molecular weight is 319 g/mol. The number of carbonyl (C=O) groups is 2. The van der Waals surface area contributed by atoms with Gasteiger partial charge in [-0.1, -0.05) is 49.4 Å². The van der Waals surface area contributed by atoms with Crippen molar-refractivity contribution in [2.24, 2.45) is 0 Å². The van der Waals surface area contributed by atoms with Crippen LogP contribution in [-0.4, -0.2) is 17.2 Å². The monoisotopic (exact) mass is 319 g/mol. The topological polar surface area (TPSA) is 37.4 Å². The van der Waals surface area contributed by atoms with Gasteiger partial charge in [-0.05, 0) is 43.9 Å². The standard InChI is InChI=1S/C21H21NO2/c1-13-10-11-15-17-16(13)18(23)19(24)22(17)20(2,3)12-21(15,4)14-8-6-5-7-9-14/h5-11H,12H2,1-4H3/t21-/m1/s1. The van der Waals surface area contributed by atoms with Gasteiger partial charge in [0.25, 0.3) is 11.7 Å². The van der Waals surface area contributed by atoms with Crippen LogP contribution in [0, 0.1) is 6.92 Å². The molecule has 0 spiro atoms. The maximum absolute atomic E-state index is 12.7. The Morgan fingerprint density at radius 2 is 1.62 bits per heavy atom. The highest BCUT2D eigenvalue weighted by Gasteiger charge is 2.54. The average Bonchev–Trinajstić information content (AvgIpc) is 2.80. The molecule has 4 rings (SSSR count). The third-order valence-corrected chi connectivity index (χ3v) is 5.63. The van der Waals surface area contributed by atoms with Crippen LogP contribution >= 0.6 is 0 Å². The minimum absolute atomic E-state index is 0.232. The van der Waals surface area contributed by atoms with Gasteiger partial charge in [0, 0.05) is 11.0 Å². The number of hydrogen-bond acceptors (Lipinski definition) is 2. The Labute approximate surface area is 142 Å². The molecule has 1 amide bonds. The molecule has 0 fully saturated rings. The molecular weight excluding hydrogens is 298 g/mol. The number of carbonyl (C=O) groups excluding carboxylic acids is 2. The van der Waals surface area contributed by atoms with E-state index in [1.807, 2.05) is 31.2 Å². The summed E-state index contributed by atoms with van der Waals surface area (Å²) in [5.41, 5.74) is 3.94. The normalized spacial score (nSPS) is 24.2. The highest BCUT2D eigenvalue weighted by Crippen LogP contribution is 2.54. The first-order chi connectivity index (χ1) is 11.3. The van der Waals surface area contributed by atoms with E-state index < -0.39 is 5.54 Å². The number of benzene rings is 2. The van der Waals surface area contributed by atoms with Crippen LogP contribution in [0.1, 0.15) is 54.2 Å². The van der Waals surface area contributed by atoms with Crippen molar-refractivity contribution in [3.8, 4) is 0 Å². The number of ketones is 1. The van der Waals surface area contributed by atoms with Crippen molar-refractivity contribution in [1.82, 2.24) is 0 Å². The minimum atomic E-state index is -0.413. The molecule has 2 aromatic rings. The maximum atomic E-state index is 12.7. The highest BCUT2D eigenvalue weighted by molar-refractivity contribution is 6.53. The summed E-state index contributed by atoms with van der Waals surface area (Å²) in [4.78, 5) is 27.0. The molecule has 122 valence electrons. The van der Waals surface area contributed by atoms with Crippen LogP contribution < -0.4 is 4.90 Å². The minimum Gasteiger partial charge on any atom is -0.299 e. The van der Waals surface area contributed by atoms with Crippen LogP contribution in [0.3, 0.4) is 0 Å². The molecule has 3 heteroatoms. The van der Waals surface area contributed by atoms with Crippen molar-refractivity contribution in [1.29, 1.82) is 0 Å². The molecule has 3 nitrogen and oxygen atoms in total. The van der Waals surface area contributed by atoms with Gasteiger partial charge < -0.3 is 0 Å². The molecule has 0 saturated heterocycles. The summed E-state index contributed by atoms with van der Waals surface area (Å²) < 4.78 is 0. The Kier molecular flexibility index (Phi) is 2.88. The van der Waals surface area contributed by atoms with Crippen molar-refractivity contribution >= 4 is 17.4 Å². The number of Topliss-reactive ketones (excluding diaryl/α,β-unsaturated/α-hetero) is 1. The fraction of sp³-hybridized carbons (Fsp3) is 0.333. The fourth-order valence-corrected chi connectivity index (χ4v) is 4.65. The van der Waals surface area contributed by atoms with Gasteiger partial charge in [0.15, 0.2) is 0 Å². The van der Waals surface area contributed by atoms with E-state index in [2.05, 4.69) is 39.0 Å². The molecule has 0 aliphatic carbocycles. The Morgan fingerprint density at radius 3 is 2.29 bits per heavy atom. The quantitative estimate of drug-likeness (QED) is 0.745. The first-order valence-electron chi connectivity index (χ1n) is 8.36. The summed E-state index contributed by atoms with van der Waals surface area (Å²) in [7, 11) is 0. The lowest BCUT2D eigenvalue weighted by Crippen LogP contribution is -2.54. The van der Waals surface area contributed by atoms with Crippen molar-refractivity contribution < 1.29 is 9.59 Å². The van der Waals surface area contributed by atoms with Crippen LogP contribution in [0.2, 0.25) is 0 Å². The largest absolute Gasteiger partial charge is 0.299 e. The van der Waals surface area contributed by atoms with Crippen molar-refractivity contribution in [2.45, 2.75) is 45.1 Å². The van der Waals surface area contributed by atoms with Gasteiger partial charge in [0.2, 0.25) is 0 Å². The van der Waals surface area contributed by atoms with Gasteiger partial charge >= 0.3 is 0 Å². The Morgan fingerprint density at radius 1 is 0.958 bits per heavy atom. The predicted octanol–water partition coefficient (Wildman–Crippen LogP) is 4.01. The molecule has 2 aliphatic rings. The van der Waals surface area contributed by atoms with Gasteiger partial charge in [-0.25, -0.2) is 0 Å². The van der Waals surface area contributed by atoms with E-state index in [1.54, 1.807) is 4.90 Å². The molecule has 0 N–H and O–H groups in total. The first kappa shape index (κ1) is 15.1. The summed E-state index contributed by atoms with van der Waals surface area (Å²) in [6, 6.07) is 14.4. The zero-order valence-electron chi connectivity index (χ0n) is 14.5. The molecule has 0 bridgehead atoms. The van der Waals surface area contributed by atoms with E-state index in [9.17, 15) is 9.59 Å². The number of aryl methyl sites for hydroxylation is 1. The predicted molar refractivity (Wildman–Crippen MR) is 94.6 cm³/mol. The molecule has 0 unspecified atom stereocenters. The summed E-state index contributed by atoms with van der Waals surface area (Å²) in [6.07, 6.45) is 0.776. The molecule has 1 atom stereocenters. The van der Waals surface area contributed by atoms with Crippen LogP contribution in [0.5, 0.6) is 0 Å². The van der Waals surface area contributed by atoms with E-state index in [0.29, 0.717) is 5.56 Å². The molecule has 0 saturated carbocycles. The van der Waals surface area contributed by atoms with E-state index in [1.165, 1.54) is 5.56 Å². The van der Waals surface area contributed by atoms with Crippen molar-refractivity contribution in [3.05, 3.63) is 64.7 Å². The van der Waals surface area contributed by atoms with Crippen molar-refractivity contribution in [3.63, 3.8) is 0 Å².